The average molecular weight is 327 g/mol. The molecule has 0 aliphatic carbocycles. The van der Waals surface area contributed by atoms with Gasteiger partial charge in [-0.05, 0) is 31.4 Å². The Morgan fingerprint density at radius 3 is 2.67 bits per heavy atom. The fourth-order valence-electron chi connectivity index (χ4n) is 2.54. The number of hydrogen-bond acceptors (Lipinski definition) is 2. The van der Waals surface area contributed by atoms with Gasteiger partial charge in [0.15, 0.2) is 5.96 Å². The van der Waals surface area contributed by atoms with Crippen LogP contribution < -0.4 is 11.1 Å². The Labute approximate surface area is 145 Å². The second kappa shape index (κ2) is 9.11. The summed E-state index contributed by atoms with van der Waals surface area (Å²) >= 11 is 0. The molecule has 0 spiro atoms. The fraction of sp³-hybridized carbons (Fsp3) is 0.474. The molecule has 130 valence electrons. The van der Waals surface area contributed by atoms with Crippen LogP contribution in [0.4, 0.5) is 0 Å². The normalized spacial score (nSPS) is 13.2. The zero-order valence-corrected chi connectivity index (χ0v) is 14.9. The molecule has 5 nitrogen and oxygen atoms in total. The highest BCUT2D eigenvalue weighted by Gasteiger charge is 2.04. The van der Waals surface area contributed by atoms with Crippen LogP contribution in [0.25, 0.3) is 5.69 Å². The SMILES string of the molecule is CC(C)CCCC(C)NC(N)=NCc1cnn(-c2ccccc2)c1. The van der Waals surface area contributed by atoms with Gasteiger partial charge < -0.3 is 11.1 Å². The molecule has 0 aliphatic rings. The molecule has 3 N–H and O–H groups in total. The molecule has 0 radical (unpaired) electrons. The summed E-state index contributed by atoms with van der Waals surface area (Å²) in [5.41, 5.74) is 8.06. The molecule has 0 bridgehead atoms. The van der Waals surface area contributed by atoms with Gasteiger partial charge in [-0.25, -0.2) is 9.67 Å². The van der Waals surface area contributed by atoms with Crippen LogP contribution >= 0.6 is 0 Å². The molecule has 2 rings (SSSR count). The minimum absolute atomic E-state index is 0.347. The van der Waals surface area contributed by atoms with E-state index in [2.05, 4.69) is 36.2 Å². The van der Waals surface area contributed by atoms with Crippen molar-refractivity contribution in [1.29, 1.82) is 0 Å². The Morgan fingerprint density at radius 1 is 1.21 bits per heavy atom. The van der Waals surface area contributed by atoms with E-state index in [1.165, 1.54) is 12.8 Å². The van der Waals surface area contributed by atoms with Gasteiger partial charge in [-0.2, -0.15) is 5.10 Å². The zero-order chi connectivity index (χ0) is 17.4. The highest BCUT2D eigenvalue weighted by molar-refractivity contribution is 5.78. The summed E-state index contributed by atoms with van der Waals surface area (Å²) in [5.74, 6) is 1.25. The van der Waals surface area contributed by atoms with E-state index in [0.717, 1.165) is 23.6 Å². The van der Waals surface area contributed by atoms with Gasteiger partial charge in [-0.15, -0.1) is 0 Å². The van der Waals surface area contributed by atoms with Crippen molar-refractivity contribution < 1.29 is 0 Å². The largest absolute Gasteiger partial charge is 0.370 e. The lowest BCUT2D eigenvalue weighted by Crippen LogP contribution is -2.38. The van der Waals surface area contributed by atoms with E-state index in [-0.39, 0.29) is 0 Å². The maximum absolute atomic E-state index is 5.98. The molecule has 1 aromatic carbocycles. The summed E-state index contributed by atoms with van der Waals surface area (Å²) in [4.78, 5) is 4.41. The van der Waals surface area contributed by atoms with Gasteiger partial charge in [0.05, 0.1) is 18.4 Å². The molecular formula is C19H29N5. The average Bonchev–Trinajstić information content (AvgIpc) is 3.02. The molecule has 0 saturated carbocycles. The van der Waals surface area contributed by atoms with Crippen LogP contribution in [0, 0.1) is 5.92 Å². The number of nitrogens with two attached hydrogens (primary N) is 1. The Balaban J connectivity index is 1.81. The number of aliphatic imine (C=N–C) groups is 1. The van der Waals surface area contributed by atoms with Gasteiger partial charge in [-0.1, -0.05) is 44.9 Å². The summed E-state index contributed by atoms with van der Waals surface area (Å²) in [5, 5.41) is 7.63. The fourth-order valence-corrected chi connectivity index (χ4v) is 2.54. The molecule has 1 aromatic heterocycles. The van der Waals surface area contributed by atoms with Crippen molar-refractivity contribution in [2.75, 3.05) is 0 Å². The monoisotopic (exact) mass is 327 g/mol. The Kier molecular flexibility index (Phi) is 6.85. The summed E-state index contributed by atoms with van der Waals surface area (Å²) < 4.78 is 1.85. The van der Waals surface area contributed by atoms with Crippen molar-refractivity contribution in [2.45, 2.75) is 52.6 Å². The summed E-state index contributed by atoms with van der Waals surface area (Å²) in [6.45, 7) is 7.19. The van der Waals surface area contributed by atoms with Gasteiger partial charge in [0, 0.05) is 17.8 Å². The van der Waals surface area contributed by atoms with Gasteiger partial charge >= 0.3 is 0 Å². The third-order valence-corrected chi connectivity index (χ3v) is 3.90. The second-order valence-electron chi connectivity index (χ2n) is 6.70. The van der Waals surface area contributed by atoms with Crippen molar-refractivity contribution in [2.24, 2.45) is 16.6 Å². The van der Waals surface area contributed by atoms with Crippen LogP contribution in [0.2, 0.25) is 0 Å². The molecule has 0 saturated heterocycles. The standard InChI is InChI=1S/C19H29N5/c1-15(2)8-7-9-16(3)23-19(20)21-12-17-13-22-24(14-17)18-10-5-4-6-11-18/h4-6,10-11,13-16H,7-9,12H2,1-3H3,(H3,20,21,23). The first-order chi connectivity index (χ1) is 11.5. The zero-order valence-electron chi connectivity index (χ0n) is 14.9. The van der Waals surface area contributed by atoms with Gasteiger partial charge in [-0.3, -0.25) is 0 Å². The number of guanidine groups is 1. The number of nitrogens with zero attached hydrogens (tertiary/aromatic N) is 3. The van der Waals surface area contributed by atoms with E-state index in [4.69, 9.17) is 5.73 Å². The minimum atomic E-state index is 0.347. The van der Waals surface area contributed by atoms with Crippen LogP contribution in [-0.4, -0.2) is 21.8 Å². The van der Waals surface area contributed by atoms with E-state index >= 15 is 0 Å². The lowest BCUT2D eigenvalue weighted by Gasteiger charge is -2.14. The Bertz CT molecular complexity index is 630. The molecule has 0 fully saturated rings. The van der Waals surface area contributed by atoms with Gasteiger partial charge in [0.1, 0.15) is 0 Å². The number of benzene rings is 1. The third kappa shape index (κ3) is 6.07. The molecular weight excluding hydrogens is 298 g/mol. The van der Waals surface area contributed by atoms with Crippen LogP contribution in [0.1, 0.15) is 45.6 Å². The molecule has 1 heterocycles. The van der Waals surface area contributed by atoms with Crippen molar-refractivity contribution in [3.63, 3.8) is 0 Å². The first kappa shape index (κ1) is 18.0. The molecule has 1 atom stereocenters. The molecule has 5 heteroatoms. The van der Waals surface area contributed by atoms with E-state index in [0.29, 0.717) is 18.5 Å². The highest BCUT2D eigenvalue weighted by Crippen LogP contribution is 2.09. The Morgan fingerprint density at radius 2 is 1.96 bits per heavy atom. The predicted octanol–water partition coefficient (Wildman–Crippen LogP) is 3.49. The maximum atomic E-state index is 5.98. The summed E-state index contributed by atoms with van der Waals surface area (Å²) in [7, 11) is 0. The summed E-state index contributed by atoms with van der Waals surface area (Å²) in [6.07, 6.45) is 7.39. The lowest BCUT2D eigenvalue weighted by atomic mass is 10.0. The van der Waals surface area contributed by atoms with E-state index in [1.807, 2.05) is 47.4 Å². The quantitative estimate of drug-likeness (QED) is 0.576. The van der Waals surface area contributed by atoms with Crippen LogP contribution in [0.15, 0.2) is 47.7 Å². The van der Waals surface area contributed by atoms with Crippen molar-refractivity contribution in [3.05, 3.63) is 48.3 Å². The highest BCUT2D eigenvalue weighted by atomic mass is 15.3. The first-order valence-electron chi connectivity index (χ1n) is 8.70. The van der Waals surface area contributed by atoms with Crippen LogP contribution in [0.5, 0.6) is 0 Å². The van der Waals surface area contributed by atoms with Crippen molar-refractivity contribution >= 4 is 5.96 Å². The summed E-state index contributed by atoms with van der Waals surface area (Å²) in [6, 6.07) is 10.4. The second-order valence-corrected chi connectivity index (χ2v) is 6.70. The molecule has 1 unspecified atom stereocenters. The molecule has 0 aliphatic heterocycles. The van der Waals surface area contributed by atoms with Crippen LogP contribution in [-0.2, 0) is 6.54 Å². The van der Waals surface area contributed by atoms with Crippen molar-refractivity contribution in [1.82, 2.24) is 15.1 Å². The Hall–Kier alpha value is -2.30. The van der Waals surface area contributed by atoms with Gasteiger partial charge in [0.25, 0.3) is 0 Å². The van der Waals surface area contributed by atoms with Gasteiger partial charge in [0.2, 0.25) is 0 Å². The number of hydrogen-bond donors (Lipinski definition) is 2. The lowest BCUT2D eigenvalue weighted by molar-refractivity contribution is 0.493. The van der Waals surface area contributed by atoms with E-state index in [1.54, 1.807) is 0 Å². The third-order valence-electron chi connectivity index (χ3n) is 3.90. The smallest absolute Gasteiger partial charge is 0.189 e. The number of nitrogens with one attached hydrogen (secondary N) is 1. The molecule has 24 heavy (non-hydrogen) atoms. The topological polar surface area (TPSA) is 68.2 Å². The number of rotatable bonds is 8. The van der Waals surface area contributed by atoms with E-state index < -0.39 is 0 Å². The van der Waals surface area contributed by atoms with E-state index in [9.17, 15) is 0 Å². The molecule has 0 amide bonds. The predicted molar refractivity (Wildman–Crippen MR) is 100 cm³/mol. The van der Waals surface area contributed by atoms with Crippen LogP contribution in [0.3, 0.4) is 0 Å². The maximum Gasteiger partial charge on any atom is 0.189 e. The first-order valence-corrected chi connectivity index (χ1v) is 8.70. The number of para-hydroxylation sites is 1. The number of aromatic nitrogens is 2. The molecule has 2 aromatic rings. The minimum Gasteiger partial charge on any atom is -0.370 e. The van der Waals surface area contributed by atoms with Crippen molar-refractivity contribution in [3.8, 4) is 5.69 Å².